The van der Waals surface area contributed by atoms with Gasteiger partial charge in [-0.05, 0) is 30.7 Å². The number of hydrogen-bond acceptors (Lipinski definition) is 3. The summed E-state index contributed by atoms with van der Waals surface area (Å²) in [6, 6.07) is 7.52. The summed E-state index contributed by atoms with van der Waals surface area (Å²) in [6.07, 6.45) is 3.19. The number of ether oxygens (including phenoxy) is 1. The van der Waals surface area contributed by atoms with Crippen molar-refractivity contribution in [3.05, 3.63) is 35.9 Å². The standard InChI is InChI=1S/C13H17NO3/c1-4-17-12-8-5-11(6-9-12)7-10-13(15)14(2)16-3/h5-10H,4H2,1-3H3/b10-7+. The second-order valence-corrected chi connectivity index (χ2v) is 3.35. The van der Waals surface area contributed by atoms with Crippen LogP contribution in [0, 0.1) is 0 Å². The number of hydroxylamine groups is 2. The van der Waals surface area contributed by atoms with E-state index in [1.165, 1.54) is 13.2 Å². The number of amides is 1. The van der Waals surface area contributed by atoms with Crippen molar-refractivity contribution in [2.24, 2.45) is 0 Å². The average Bonchev–Trinajstić information content (AvgIpc) is 2.37. The average molecular weight is 235 g/mol. The smallest absolute Gasteiger partial charge is 0.269 e. The summed E-state index contributed by atoms with van der Waals surface area (Å²) in [5.41, 5.74) is 0.936. The second-order valence-electron chi connectivity index (χ2n) is 3.35. The quantitative estimate of drug-likeness (QED) is 0.579. The number of carbonyl (C=O) groups excluding carboxylic acids is 1. The van der Waals surface area contributed by atoms with Gasteiger partial charge < -0.3 is 4.74 Å². The van der Waals surface area contributed by atoms with Crippen LogP contribution in [0.1, 0.15) is 12.5 Å². The number of carbonyl (C=O) groups is 1. The van der Waals surface area contributed by atoms with Crippen molar-refractivity contribution in [1.82, 2.24) is 5.06 Å². The minimum Gasteiger partial charge on any atom is -0.494 e. The van der Waals surface area contributed by atoms with Crippen LogP contribution in [0.25, 0.3) is 6.08 Å². The van der Waals surface area contributed by atoms with Crippen LogP contribution < -0.4 is 4.74 Å². The van der Waals surface area contributed by atoms with Gasteiger partial charge in [0.05, 0.1) is 13.7 Å². The molecule has 1 rings (SSSR count). The molecule has 4 heteroatoms. The minimum atomic E-state index is -0.207. The van der Waals surface area contributed by atoms with Crippen molar-refractivity contribution >= 4 is 12.0 Å². The summed E-state index contributed by atoms with van der Waals surface area (Å²) in [7, 11) is 3.01. The fourth-order valence-electron chi connectivity index (χ4n) is 1.20. The molecule has 0 spiro atoms. The number of benzene rings is 1. The van der Waals surface area contributed by atoms with Crippen LogP contribution in [-0.4, -0.2) is 31.7 Å². The largest absolute Gasteiger partial charge is 0.494 e. The first-order valence-electron chi connectivity index (χ1n) is 5.40. The maximum atomic E-state index is 11.4. The predicted molar refractivity (Wildman–Crippen MR) is 66.4 cm³/mol. The van der Waals surface area contributed by atoms with Gasteiger partial charge in [0.15, 0.2) is 0 Å². The number of rotatable bonds is 5. The molecule has 0 aromatic heterocycles. The molecule has 0 N–H and O–H groups in total. The third-order valence-electron chi connectivity index (χ3n) is 2.19. The topological polar surface area (TPSA) is 38.8 Å². The zero-order valence-electron chi connectivity index (χ0n) is 10.3. The van der Waals surface area contributed by atoms with Gasteiger partial charge in [0.25, 0.3) is 5.91 Å². The van der Waals surface area contributed by atoms with Crippen molar-refractivity contribution in [3.63, 3.8) is 0 Å². The SMILES string of the molecule is CCOc1ccc(/C=C/C(=O)N(C)OC)cc1. The monoisotopic (exact) mass is 235 g/mol. The van der Waals surface area contributed by atoms with Crippen molar-refractivity contribution in [2.45, 2.75) is 6.92 Å². The lowest BCUT2D eigenvalue weighted by atomic mass is 10.2. The predicted octanol–water partition coefficient (Wildman–Crippen LogP) is 2.12. The van der Waals surface area contributed by atoms with Gasteiger partial charge in [0.1, 0.15) is 5.75 Å². The van der Waals surface area contributed by atoms with E-state index in [0.29, 0.717) is 6.61 Å². The van der Waals surface area contributed by atoms with E-state index in [2.05, 4.69) is 0 Å². The number of nitrogens with zero attached hydrogens (tertiary/aromatic N) is 1. The zero-order valence-corrected chi connectivity index (χ0v) is 10.3. The van der Waals surface area contributed by atoms with Crippen molar-refractivity contribution in [2.75, 3.05) is 20.8 Å². The molecule has 4 nitrogen and oxygen atoms in total. The first kappa shape index (κ1) is 13.3. The molecule has 0 bridgehead atoms. The molecule has 0 aliphatic rings. The van der Waals surface area contributed by atoms with Crippen LogP contribution in [0.2, 0.25) is 0 Å². The molecule has 0 aliphatic carbocycles. The van der Waals surface area contributed by atoms with E-state index in [0.717, 1.165) is 16.4 Å². The zero-order chi connectivity index (χ0) is 12.7. The van der Waals surface area contributed by atoms with Crippen LogP contribution in [-0.2, 0) is 9.63 Å². The Morgan fingerprint density at radius 2 is 2.00 bits per heavy atom. The van der Waals surface area contributed by atoms with Gasteiger partial charge in [0, 0.05) is 13.1 Å². The highest BCUT2D eigenvalue weighted by molar-refractivity contribution is 5.90. The summed E-state index contributed by atoms with van der Waals surface area (Å²) in [5.74, 6) is 0.617. The Bertz CT molecular complexity index is 384. The van der Waals surface area contributed by atoms with Gasteiger partial charge in [0.2, 0.25) is 0 Å². The molecule has 0 aliphatic heterocycles. The summed E-state index contributed by atoms with van der Waals surface area (Å²) in [5, 5.41) is 1.16. The highest BCUT2D eigenvalue weighted by atomic mass is 16.7. The van der Waals surface area contributed by atoms with Crippen LogP contribution in [0.3, 0.4) is 0 Å². The molecule has 0 saturated heterocycles. The van der Waals surface area contributed by atoms with Crippen LogP contribution in [0.15, 0.2) is 30.3 Å². The van der Waals surface area contributed by atoms with E-state index >= 15 is 0 Å². The fraction of sp³-hybridized carbons (Fsp3) is 0.308. The Hall–Kier alpha value is -1.81. The molecule has 0 fully saturated rings. The van der Waals surface area contributed by atoms with Crippen molar-refractivity contribution < 1.29 is 14.4 Å². The summed E-state index contributed by atoms with van der Waals surface area (Å²) in [4.78, 5) is 16.2. The lowest BCUT2D eigenvalue weighted by Gasteiger charge is -2.10. The van der Waals surface area contributed by atoms with Crippen LogP contribution in [0.5, 0.6) is 5.75 Å². The number of likely N-dealkylation sites (N-methyl/N-ethyl adjacent to an activating group) is 1. The molecule has 0 unspecified atom stereocenters. The van der Waals surface area contributed by atoms with Gasteiger partial charge in [-0.1, -0.05) is 12.1 Å². The lowest BCUT2D eigenvalue weighted by molar-refractivity contribution is -0.162. The second kappa shape index (κ2) is 6.70. The lowest BCUT2D eigenvalue weighted by Crippen LogP contribution is -2.22. The molecular weight excluding hydrogens is 218 g/mol. The Kier molecular flexibility index (Phi) is 5.23. The number of hydrogen-bond donors (Lipinski definition) is 0. The molecule has 0 saturated carbocycles. The van der Waals surface area contributed by atoms with E-state index in [9.17, 15) is 4.79 Å². The third-order valence-corrected chi connectivity index (χ3v) is 2.19. The Morgan fingerprint density at radius 1 is 1.35 bits per heavy atom. The molecule has 0 radical (unpaired) electrons. The van der Waals surface area contributed by atoms with E-state index in [-0.39, 0.29) is 5.91 Å². The Balaban J connectivity index is 2.62. The first-order chi connectivity index (χ1) is 8.17. The Morgan fingerprint density at radius 3 is 2.53 bits per heavy atom. The molecule has 1 aromatic rings. The highest BCUT2D eigenvalue weighted by Crippen LogP contribution is 2.13. The Labute approximate surface area is 101 Å². The van der Waals surface area contributed by atoms with E-state index in [1.807, 2.05) is 31.2 Å². The van der Waals surface area contributed by atoms with Crippen molar-refractivity contribution in [1.29, 1.82) is 0 Å². The van der Waals surface area contributed by atoms with Gasteiger partial charge >= 0.3 is 0 Å². The van der Waals surface area contributed by atoms with E-state index in [4.69, 9.17) is 9.57 Å². The molecule has 92 valence electrons. The maximum Gasteiger partial charge on any atom is 0.269 e. The van der Waals surface area contributed by atoms with Gasteiger partial charge in [-0.2, -0.15) is 0 Å². The summed E-state index contributed by atoms with van der Waals surface area (Å²) >= 11 is 0. The van der Waals surface area contributed by atoms with Crippen LogP contribution >= 0.6 is 0 Å². The van der Waals surface area contributed by atoms with Gasteiger partial charge in [-0.15, -0.1) is 0 Å². The molecule has 0 heterocycles. The third kappa shape index (κ3) is 4.28. The summed E-state index contributed by atoms with van der Waals surface area (Å²) in [6.45, 7) is 2.58. The van der Waals surface area contributed by atoms with Gasteiger partial charge in [-0.3, -0.25) is 9.63 Å². The molecule has 0 atom stereocenters. The first-order valence-corrected chi connectivity index (χ1v) is 5.40. The van der Waals surface area contributed by atoms with Crippen LogP contribution in [0.4, 0.5) is 0 Å². The molecule has 17 heavy (non-hydrogen) atoms. The summed E-state index contributed by atoms with van der Waals surface area (Å²) < 4.78 is 5.32. The van der Waals surface area contributed by atoms with Crippen molar-refractivity contribution in [3.8, 4) is 5.75 Å². The molecular formula is C13H17NO3. The minimum absolute atomic E-state index is 0.207. The highest BCUT2D eigenvalue weighted by Gasteiger charge is 2.01. The normalized spacial score (nSPS) is 10.5. The van der Waals surface area contributed by atoms with E-state index < -0.39 is 0 Å². The fourth-order valence-corrected chi connectivity index (χ4v) is 1.20. The van der Waals surface area contributed by atoms with Gasteiger partial charge in [-0.25, -0.2) is 5.06 Å². The van der Waals surface area contributed by atoms with E-state index in [1.54, 1.807) is 13.1 Å². The maximum absolute atomic E-state index is 11.4. The molecule has 1 aromatic carbocycles. The molecule has 1 amide bonds.